The third kappa shape index (κ3) is 3.24. The molecule has 1 N–H and O–H groups in total. The van der Waals surface area contributed by atoms with E-state index >= 15 is 0 Å². The lowest BCUT2D eigenvalue weighted by Gasteiger charge is -2.37. The van der Waals surface area contributed by atoms with Crippen LogP contribution in [0.2, 0.25) is 0 Å². The number of aryl methyl sites for hydroxylation is 1. The molecule has 0 bridgehead atoms. The second-order valence-corrected chi connectivity index (χ2v) is 7.71. The Hall–Kier alpha value is -2.64. The van der Waals surface area contributed by atoms with Crippen molar-refractivity contribution in [3.8, 4) is 0 Å². The van der Waals surface area contributed by atoms with Crippen molar-refractivity contribution < 1.29 is 4.79 Å². The van der Waals surface area contributed by atoms with Crippen molar-refractivity contribution in [1.29, 1.82) is 0 Å². The van der Waals surface area contributed by atoms with Crippen molar-refractivity contribution >= 4 is 23.4 Å². The summed E-state index contributed by atoms with van der Waals surface area (Å²) in [6, 6.07) is -0.241. The van der Waals surface area contributed by atoms with Gasteiger partial charge in [0, 0.05) is 38.9 Å². The van der Waals surface area contributed by atoms with Crippen molar-refractivity contribution in [2.24, 2.45) is 5.92 Å². The minimum atomic E-state index is -0.241. The van der Waals surface area contributed by atoms with Gasteiger partial charge in [0.2, 0.25) is 11.9 Å². The smallest absolute Gasteiger partial charge is 0.249 e. The Morgan fingerprint density at radius 1 is 1.26 bits per heavy atom. The summed E-state index contributed by atoms with van der Waals surface area (Å²) in [5, 5.41) is 7.76. The van der Waals surface area contributed by atoms with E-state index in [0.717, 1.165) is 35.2 Å². The van der Waals surface area contributed by atoms with Crippen LogP contribution in [0.1, 0.15) is 37.4 Å². The van der Waals surface area contributed by atoms with Gasteiger partial charge in [-0.15, -0.1) is 0 Å². The van der Waals surface area contributed by atoms with Crippen LogP contribution < -0.4 is 15.1 Å². The number of fused-ring (bicyclic) bond motifs is 1. The van der Waals surface area contributed by atoms with E-state index in [4.69, 9.17) is 0 Å². The average Bonchev–Trinajstić information content (AvgIpc) is 3.06. The maximum absolute atomic E-state index is 12.4. The van der Waals surface area contributed by atoms with Crippen LogP contribution in [0.3, 0.4) is 0 Å². The summed E-state index contributed by atoms with van der Waals surface area (Å²) in [5.74, 6) is 2.19. The van der Waals surface area contributed by atoms with Crippen LogP contribution in [-0.2, 0) is 17.9 Å². The number of likely N-dealkylation sites (N-methyl/N-ethyl adjacent to an activating group) is 2. The van der Waals surface area contributed by atoms with Gasteiger partial charge in [0.05, 0.1) is 11.9 Å². The zero-order valence-electron chi connectivity index (χ0n) is 16.4. The second kappa shape index (κ2) is 6.83. The molecule has 0 aromatic carbocycles. The Morgan fingerprint density at radius 2 is 2.04 bits per heavy atom. The van der Waals surface area contributed by atoms with Gasteiger partial charge in [-0.3, -0.25) is 9.48 Å². The number of aromatic nitrogens is 4. The number of amides is 1. The third-order valence-corrected chi connectivity index (χ3v) is 5.79. The molecule has 1 amide bonds. The van der Waals surface area contributed by atoms with Crippen molar-refractivity contribution in [1.82, 2.24) is 19.7 Å². The average molecular weight is 369 g/mol. The molecule has 4 rings (SSSR count). The van der Waals surface area contributed by atoms with Gasteiger partial charge in [0.25, 0.3) is 0 Å². The quantitative estimate of drug-likeness (QED) is 0.870. The molecule has 27 heavy (non-hydrogen) atoms. The number of nitrogens with zero attached hydrogens (tertiary/aromatic N) is 6. The van der Waals surface area contributed by atoms with E-state index in [1.54, 1.807) is 11.9 Å². The molecule has 1 saturated carbocycles. The molecule has 0 unspecified atom stereocenters. The molecule has 1 atom stereocenters. The van der Waals surface area contributed by atoms with Gasteiger partial charge in [-0.25, -0.2) is 4.98 Å². The first-order valence-electron chi connectivity index (χ1n) is 9.58. The van der Waals surface area contributed by atoms with E-state index in [-0.39, 0.29) is 11.9 Å². The lowest BCUT2D eigenvalue weighted by atomic mass is 9.85. The number of nitrogens with one attached hydrogen (secondary N) is 1. The second-order valence-electron chi connectivity index (χ2n) is 7.71. The Morgan fingerprint density at radius 3 is 2.74 bits per heavy atom. The number of rotatable bonds is 5. The number of anilines is 3. The highest BCUT2D eigenvalue weighted by atomic mass is 16.2. The molecule has 8 heteroatoms. The molecule has 3 heterocycles. The molecule has 2 aromatic heterocycles. The van der Waals surface area contributed by atoms with Gasteiger partial charge in [-0.05, 0) is 32.6 Å². The van der Waals surface area contributed by atoms with Gasteiger partial charge in [-0.2, -0.15) is 10.1 Å². The molecule has 0 saturated heterocycles. The predicted molar refractivity (Wildman–Crippen MR) is 105 cm³/mol. The van der Waals surface area contributed by atoms with Crippen molar-refractivity contribution in [3.05, 3.63) is 23.7 Å². The molecular formula is C19H27N7O. The van der Waals surface area contributed by atoms with Gasteiger partial charge in [-0.1, -0.05) is 6.42 Å². The van der Waals surface area contributed by atoms with Crippen molar-refractivity contribution in [2.45, 2.75) is 52.2 Å². The Kier molecular flexibility index (Phi) is 4.49. The normalized spacial score (nSPS) is 19.9. The first kappa shape index (κ1) is 17.8. The van der Waals surface area contributed by atoms with Gasteiger partial charge >= 0.3 is 0 Å². The molecule has 2 aromatic rings. The molecule has 0 radical (unpaired) electrons. The summed E-state index contributed by atoms with van der Waals surface area (Å²) in [6.45, 7) is 5.44. The lowest BCUT2D eigenvalue weighted by molar-refractivity contribution is -0.119. The molecule has 1 fully saturated rings. The van der Waals surface area contributed by atoms with Crippen molar-refractivity contribution in [2.75, 3.05) is 29.2 Å². The van der Waals surface area contributed by atoms with Crippen LogP contribution in [-0.4, -0.2) is 45.8 Å². The zero-order valence-corrected chi connectivity index (χ0v) is 16.4. The fourth-order valence-corrected chi connectivity index (χ4v) is 3.73. The van der Waals surface area contributed by atoms with Gasteiger partial charge in [0.15, 0.2) is 5.82 Å². The van der Waals surface area contributed by atoms with E-state index in [9.17, 15) is 4.79 Å². The highest BCUT2D eigenvalue weighted by Crippen LogP contribution is 2.35. The summed E-state index contributed by atoms with van der Waals surface area (Å²) < 4.78 is 2.04. The van der Waals surface area contributed by atoms with E-state index in [1.165, 1.54) is 19.3 Å². The monoisotopic (exact) mass is 369 g/mol. The topological polar surface area (TPSA) is 79.2 Å². The maximum Gasteiger partial charge on any atom is 0.249 e. The van der Waals surface area contributed by atoms with E-state index in [2.05, 4.69) is 26.6 Å². The molecule has 0 spiro atoms. The number of carbonyl (C=O) groups is 1. The predicted octanol–water partition coefficient (Wildman–Crippen LogP) is 2.19. The fraction of sp³-hybridized carbons (Fsp3) is 0.579. The van der Waals surface area contributed by atoms with Crippen LogP contribution in [0.15, 0.2) is 12.4 Å². The minimum absolute atomic E-state index is 0.0521. The molecule has 144 valence electrons. The summed E-state index contributed by atoms with van der Waals surface area (Å²) in [7, 11) is 3.68. The van der Waals surface area contributed by atoms with Crippen LogP contribution >= 0.6 is 0 Å². The lowest BCUT2D eigenvalue weighted by Crippen LogP contribution is -2.49. The SMILES string of the molecule is Cc1nc(NCc2cnn(CC3CCC3)c2)nc2c1N(C)C(=O)[C@H](C)N2C. The zero-order chi connectivity index (χ0) is 19.1. The van der Waals surface area contributed by atoms with Gasteiger partial charge in [0.1, 0.15) is 11.7 Å². The van der Waals surface area contributed by atoms with Crippen LogP contribution in [0.25, 0.3) is 0 Å². The van der Waals surface area contributed by atoms with Crippen molar-refractivity contribution in [3.63, 3.8) is 0 Å². The third-order valence-electron chi connectivity index (χ3n) is 5.79. The molecule has 8 nitrogen and oxygen atoms in total. The molecule has 1 aliphatic heterocycles. The largest absolute Gasteiger partial charge is 0.350 e. The highest BCUT2D eigenvalue weighted by molar-refractivity contribution is 6.04. The van der Waals surface area contributed by atoms with Gasteiger partial charge < -0.3 is 15.1 Å². The molecule has 1 aliphatic carbocycles. The first-order valence-corrected chi connectivity index (χ1v) is 9.58. The summed E-state index contributed by atoms with van der Waals surface area (Å²) in [4.78, 5) is 25.1. The van der Waals surface area contributed by atoms with Crippen LogP contribution in [0.5, 0.6) is 0 Å². The summed E-state index contributed by atoms with van der Waals surface area (Å²) in [5.41, 5.74) is 2.68. The Balaban J connectivity index is 1.48. The summed E-state index contributed by atoms with van der Waals surface area (Å²) >= 11 is 0. The number of carbonyl (C=O) groups excluding carboxylic acids is 1. The van der Waals surface area contributed by atoms with Crippen LogP contribution in [0, 0.1) is 12.8 Å². The number of hydrogen-bond donors (Lipinski definition) is 1. The Labute approximate surface area is 159 Å². The van der Waals surface area contributed by atoms with E-state index in [1.807, 2.05) is 36.7 Å². The molecular weight excluding hydrogens is 342 g/mol. The standard InChI is InChI=1S/C19H27N7O/c1-12-16-17(24(3)13(2)18(27)25(16)4)23-19(22-12)20-8-15-9-21-26(11-15)10-14-6-5-7-14/h9,11,13-14H,5-8,10H2,1-4H3,(H,20,22,23)/t13-/m0/s1. The van der Waals surface area contributed by atoms with Crippen LogP contribution in [0.4, 0.5) is 17.5 Å². The fourth-order valence-electron chi connectivity index (χ4n) is 3.73. The minimum Gasteiger partial charge on any atom is -0.350 e. The number of hydrogen-bond acceptors (Lipinski definition) is 6. The maximum atomic E-state index is 12.4. The van der Waals surface area contributed by atoms with E-state index < -0.39 is 0 Å². The molecule has 2 aliphatic rings. The van der Waals surface area contributed by atoms with E-state index in [0.29, 0.717) is 12.5 Å². The Bertz CT molecular complexity index is 858. The highest BCUT2D eigenvalue weighted by Gasteiger charge is 2.34. The first-order chi connectivity index (χ1) is 12.9. The summed E-state index contributed by atoms with van der Waals surface area (Å²) in [6.07, 6.45) is 7.98.